The standard InChI is InChI=1S/C19H18N2O2S2/c1-13-4-6-14(7-5-13)16-18(17(22)15-3-2-12-24-15)25-19(20-16)21-8-10-23-11-9-21/h2-7,12H,8-11H2,1H3. The van der Waals surface area contributed by atoms with Crippen molar-refractivity contribution in [2.45, 2.75) is 6.92 Å². The number of benzene rings is 1. The van der Waals surface area contributed by atoms with E-state index in [1.807, 2.05) is 29.6 Å². The summed E-state index contributed by atoms with van der Waals surface area (Å²) < 4.78 is 5.43. The minimum Gasteiger partial charge on any atom is -0.378 e. The Morgan fingerprint density at radius 2 is 1.92 bits per heavy atom. The second-order valence-electron chi connectivity index (χ2n) is 5.95. The van der Waals surface area contributed by atoms with Crippen LogP contribution in [-0.2, 0) is 4.74 Å². The highest BCUT2D eigenvalue weighted by Gasteiger charge is 2.24. The van der Waals surface area contributed by atoms with Gasteiger partial charge in [-0.05, 0) is 18.4 Å². The summed E-state index contributed by atoms with van der Waals surface area (Å²) in [6.07, 6.45) is 0. The van der Waals surface area contributed by atoms with Gasteiger partial charge in [-0.15, -0.1) is 11.3 Å². The van der Waals surface area contributed by atoms with Crippen molar-refractivity contribution in [1.82, 2.24) is 4.98 Å². The second kappa shape index (κ2) is 7.07. The van der Waals surface area contributed by atoms with Crippen LogP contribution >= 0.6 is 22.7 Å². The number of aromatic nitrogens is 1. The summed E-state index contributed by atoms with van der Waals surface area (Å²) >= 11 is 2.96. The van der Waals surface area contributed by atoms with Crippen molar-refractivity contribution < 1.29 is 9.53 Å². The van der Waals surface area contributed by atoms with E-state index in [0.717, 1.165) is 34.4 Å². The summed E-state index contributed by atoms with van der Waals surface area (Å²) in [4.78, 5) is 21.5. The van der Waals surface area contributed by atoms with Crippen molar-refractivity contribution >= 4 is 33.6 Å². The Kier molecular flexibility index (Phi) is 4.65. The van der Waals surface area contributed by atoms with Gasteiger partial charge in [0, 0.05) is 18.7 Å². The van der Waals surface area contributed by atoms with Crippen LogP contribution in [0.15, 0.2) is 41.8 Å². The highest BCUT2D eigenvalue weighted by molar-refractivity contribution is 7.19. The van der Waals surface area contributed by atoms with E-state index in [1.54, 1.807) is 0 Å². The monoisotopic (exact) mass is 370 g/mol. The molecule has 0 bridgehead atoms. The molecule has 1 fully saturated rings. The molecule has 25 heavy (non-hydrogen) atoms. The van der Waals surface area contributed by atoms with Crippen LogP contribution in [0.3, 0.4) is 0 Å². The maximum absolute atomic E-state index is 13.0. The van der Waals surface area contributed by atoms with Crippen LogP contribution in [0.4, 0.5) is 5.13 Å². The zero-order valence-corrected chi connectivity index (χ0v) is 15.5. The largest absolute Gasteiger partial charge is 0.378 e. The third-order valence-electron chi connectivity index (χ3n) is 4.17. The topological polar surface area (TPSA) is 42.4 Å². The molecule has 128 valence electrons. The summed E-state index contributed by atoms with van der Waals surface area (Å²) in [5.41, 5.74) is 2.96. The molecular formula is C19H18N2O2S2. The number of aryl methyl sites for hydroxylation is 1. The number of hydrogen-bond acceptors (Lipinski definition) is 6. The number of carbonyl (C=O) groups is 1. The molecule has 4 rings (SSSR count). The van der Waals surface area contributed by atoms with Crippen LogP contribution in [0.5, 0.6) is 0 Å². The fraction of sp³-hybridized carbons (Fsp3) is 0.263. The predicted molar refractivity (Wildman–Crippen MR) is 103 cm³/mol. The fourth-order valence-corrected chi connectivity index (χ4v) is 4.61. The van der Waals surface area contributed by atoms with E-state index in [1.165, 1.54) is 28.2 Å². The Morgan fingerprint density at radius 3 is 2.60 bits per heavy atom. The molecule has 1 aliphatic rings. The summed E-state index contributed by atoms with van der Waals surface area (Å²) in [6, 6.07) is 12.0. The molecule has 0 atom stereocenters. The van der Waals surface area contributed by atoms with Gasteiger partial charge in [0.25, 0.3) is 0 Å². The molecular weight excluding hydrogens is 352 g/mol. The van der Waals surface area contributed by atoms with Gasteiger partial charge in [-0.2, -0.15) is 0 Å². The molecule has 0 N–H and O–H groups in total. The molecule has 0 spiro atoms. The molecule has 0 aliphatic carbocycles. The van der Waals surface area contributed by atoms with Crippen molar-refractivity contribution in [2.24, 2.45) is 0 Å². The predicted octanol–water partition coefficient (Wildman–Crippen LogP) is 4.25. The normalized spacial score (nSPS) is 14.7. The average Bonchev–Trinajstić information content (AvgIpc) is 3.33. The van der Waals surface area contributed by atoms with Crippen LogP contribution in [-0.4, -0.2) is 37.1 Å². The third kappa shape index (κ3) is 3.38. The number of thiazole rings is 1. The van der Waals surface area contributed by atoms with E-state index >= 15 is 0 Å². The van der Waals surface area contributed by atoms with Gasteiger partial charge in [0.2, 0.25) is 5.78 Å². The van der Waals surface area contributed by atoms with E-state index in [9.17, 15) is 4.79 Å². The van der Waals surface area contributed by atoms with Gasteiger partial charge in [-0.25, -0.2) is 4.98 Å². The van der Waals surface area contributed by atoms with Gasteiger partial charge in [0.1, 0.15) is 4.88 Å². The van der Waals surface area contributed by atoms with Crippen molar-refractivity contribution in [3.8, 4) is 11.3 Å². The zero-order valence-electron chi connectivity index (χ0n) is 13.9. The van der Waals surface area contributed by atoms with Gasteiger partial charge in [0.15, 0.2) is 5.13 Å². The minimum absolute atomic E-state index is 0.0579. The maximum atomic E-state index is 13.0. The number of ketones is 1. The highest BCUT2D eigenvalue weighted by atomic mass is 32.1. The molecule has 0 radical (unpaired) electrons. The first-order chi connectivity index (χ1) is 12.2. The van der Waals surface area contributed by atoms with Gasteiger partial charge < -0.3 is 9.64 Å². The van der Waals surface area contributed by atoms with Crippen LogP contribution in [0.25, 0.3) is 11.3 Å². The lowest BCUT2D eigenvalue weighted by atomic mass is 10.1. The number of hydrogen-bond donors (Lipinski definition) is 0. The number of rotatable bonds is 4. The molecule has 0 saturated carbocycles. The molecule has 1 saturated heterocycles. The Balaban J connectivity index is 1.78. The number of thiophene rings is 1. The molecule has 3 aromatic rings. The Labute approximate surface area is 154 Å². The van der Waals surface area contributed by atoms with Crippen molar-refractivity contribution in [3.05, 3.63) is 57.1 Å². The molecule has 3 heterocycles. The van der Waals surface area contributed by atoms with Gasteiger partial charge >= 0.3 is 0 Å². The van der Waals surface area contributed by atoms with Crippen LogP contribution in [0.2, 0.25) is 0 Å². The van der Waals surface area contributed by atoms with Gasteiger partial charge in [-0.3, -0.25) is 4.79 Å². The number of nitrogens with zero attached hydrogens (tertiary/aromatic N) is 2. The van der Waals surface area contributed by atoms with Crippen molar-refractivity contribution in [1.29, 1.82) is 0 Å². The number of anilines is 1. The summed E-state index contributed by atoms with van der Waals surface area (Å²) in [7, 11) is 0. The molecule has 2 aromatic heterocycles. The smallest absolute Gasteiger partial charge is 0.215 e. The van der Waals surface area contributed by atoms with Crippen LogP contribution < -0.4 is 4.90 Å². The highest BCUT2D eigenvalue weighted by Crippen LogP contribution is 2.35. The lowest BCUT2D eigenvalue weighted by Crippen LogP contribution is -2.36. The summed E-state index contributed by atoms with van der Waals surface area (Å²) in [6.45, 7) is 5.09. The summed E-state index contributed by atoms with van der Waals surface area (Å²) in [5.74, 6) is 0.0579. The lowest BCUT2D eigenvalue weighted by molar-refractivity contribution is 0.104. The molecule has 1 aromatic carbocycles. The van der Waals surface area contributed by atoms with Crippen LogP contribution in [0.1, 0.15) is 20.1 Å². The fourth-order valence-electron chi connectivity index (χ4n) is 2.78. The minimum atomic E-state index is 0.0579. The van der Waals surface area contributed by atoms with Crippen LogP contribution in [0, 0.1) is 6.92 Å². The Bertz CT molecular complexity index is 863. The average molecular weight is 370 g/mol. The number of ether oxygens (including phenoxy) is 1. The molecule has 6 heteroatoms. The number of carbonyl (C=O) groups excluding carboxylic acids is 1. The quantitative estimate of drug-likeness (QED) is 0.644. The van der Waals surface area contributed by atoms with E-state index in [-0.39, 0.29) is 5.78 Å². The van der Waals surface area contributed by atoms with E-state index in [2.05, 4.69) is 24.0 Å². The molecule has 0 amide bonds. The molecule has 0 unspecified atom stereocenters. The van der Waals surface area contributed by atoms with E-state index in [4.69, 9.17) is 9.72 Å². The Hall–Kier alpha value is -2.02. The maximum Gasteiger partial charge on any atom is 0.215 e. The zero-order chi connectivity index (χ0) is 17.2. The number of morpholine rings is 1. The first-order valence-corrected chi connectivity index (χ1v) is 9.91. The SMILES string of the molecule is Cc1ccc(-c2nc(N3CCOCC3)sc2C(=O)c2cccs2)cc1. The van der Waals surface area contributed by atoms with E-state index in [0.29, 0.717) is 18.1 Å². The van der Waals surface area contributed by atoms with Gasteiger partial charge in [0.05, 0.1) is 23.8 Å². The Morgan fingerprint density at radius 1 is 1.16 bits per heavy atom. The van der Waals surface area contributed by atoms with E-state index < -0.39 is 0 Å². The molecule has 4 nitrogen and oxygen atoms in total. The van der Waals surface area contributed by atoms with Gasteiger partial charge in [-0.1, -0.05) is 47.2 Å². The third-order valence-corrected chi connectivity index (χ3v) is 6.16. The second-order valence-corrected chi connectivity index (χ2v) is 7.87. The first kappa shape index (κ1) is 16.4. The van der Waals surface area contributed by atoms with Crippen molar-refractivity contribution in [2.75, 3.05) is 31.2 Å². The van der Waals surface area contributed by atoms with Crippen molar-refractivity contribution in [3.63, 3.8) is 0 Å². The summed E-state index contributed by atoms with van der Waals surface area (Å²) in [5, 5.41) is 2.83. The lowest BCUT2D eigenvalue weighted by Gasteiger charge is -2.26. The first-order valence-electron chi connectivity index (χ1n) is 8.21. The molecule has 1 aliphatic heterocycles.